The third kappa shape index (κ3) is 5.94. The highest BCUT2D eigenvalue weighted by molar-refractivity contribution is 5.83. The van der Waals surface area contributed by atoms with Crippen LogP contribution in [0.15, 0.2) is 47.6 Å². The Labute approximate surface area is 195 Å². The van der Waals surface area contributed by atoms with Gasteiger partial charge in [0.15, 0.2) is 11.5 Å². The Hall–Kier alpha value is -4.28. The van der Waals surface area contributed by atoms with Gasteiger partial charge in [-0.3, -0.25) is 19.6 Å². The van der Waals surface area contributed by atoms with Crippen molar-refractivity contribution in [1.29, 1.82) is 0 Å². The molecule has 0 unspecified atom stereocenters. The minimum absolute atomic E-state index is 0.0424. The van der Waals surface area contributed by atoms with Gasteiger partial charge in [0.25, 0.3) is 5.91 Å². The molecule has 0 radical (unpaired) electrons. The Morgan fingerprint density at radius 1 is 1.24 bits per heavy atom. The third-order valence-corrected chi connectivity index (χ3v) is 4.83. The SMILES string of the molecule is CCOc1cc(/C=N/NC(=O)Cn2nc(C)c([N+](=O)[O-])c2C)ccc1OCc1ccccc1F. The lowest BCUT2D eigenvalue weighted by Gasteiger charge is -2.13. The summed E-state index contributed by atoms with van der Waals surface area (Å²) < 4.78 is 26.4. The van der Waals surface area contributed by atoms with Crippen LogP contribution in [0, 0.1) is 29.8 Å². The average molecular weight is 469 g/mol. The van der Waals surface area contributed by atoms with E-state index in [1.807, 2.05) is 6.92 Å². The summed E-state index contributed by atoms with van der Waals surface area (Å²) in [6.45, 7) is 5.08. The lowest BCUT2D eigenvalue weighted by Crippen LogP contribution is -2.24. The van der Waals surface area contributed by atoms with Gasteiger partial charge in [0.2, 0.25) is 0 Å². The van der Waals surface area contributed by atoms with E-state index in [4.69, 9.17) is 9.47 Å². The first-order valence-corrected chi connectivity index (χ1v) is 10.4. The van der Waals surface area contributed by atoms with Crippen LogP contribution in [-0.4, -0.2) is 33.4 Å². The van der Waals surface area contributed by atoms with Crippen LogP contribution >= 0.6 is 0 Å². The number of aromatic nitrogens is 2. The Kier molecular flexibility index (Phi) is 7.91. The predicted molar refractivity (Wildman–Crippen MR) is 122 cm³/mol. The van der Waals surface area contributed by atoms with E-state index in [-0.39, 0.29) is 36.0 Å². The number of hydrazone groups is 1. The number of nitrogens with one attached hydrogen (secondary N) is 1. The van der Waals surface area contributed by atoms with Crippen molar-refractivity contribution in [1.82, 2.24) is 15.2 Å². The fourth-order valence-electron chi connectivity index (χ4n) is 3.22. The molecular weight excluding hydrogens is 445 g/mol. The fraction of sp³-hybridized carbons (Fsp3) is 0.261. The van der Waals surface area contributed by atoms with Crippen LogP contribution in [0.4, 0.5) is 10.1 Å². The van der Waals surface area contributed by atoms with Gasteiger partial charge in [0, 0.05) is 5.56 Å². The summed E-state index contributed by atoms with van der Waals surface area (Å²) in [7, 11) is 0. The topological polar surface area (TPSA) is 121 Å². The van der Waals surface area contributed by atoms with Crippen molar-refractivity contribution in [3.63, 3.8) is 0 Å². The molecule has 2 aromatic carbocycles. The molecule has 0 spiro atoms. The zero-order chi connectivity index (χ0) is 24.7. The monoisotopic (exact) mass is 469 g/mol. The van der Waals surface area contributed by atoms with Crippen molar-refractivity contribution in [2.45, 2.75) is 33.9 Å². The van der Waals surface area contributed by atoms with Crippen LogP contribution in [0.3, 0.4) is 0 Å². The van der Waals surface area contributed by atoms with E-state index in [1.165, 1.54) is 30.8 Å². The number of benzene rings is 2. The molecule has 0 bridgehead atoms. The second-order valence-electron chi connectivity index (χ2n) is 7.25. The number of carbonyl (C=O) groups is 1. The number of nitrogens with zero attached hydrogens (tertiary/aromatic N) is 4. The molecule has 1 N–H and O–H groups in total. The van der Waals surface area contributed by atoms with Crippen LogP contribution in [0.25, 0.3) is 0 Å². The van der Waals surface area contributed by atoms with E-state index in [0.29, 0.717) is 29.2 Å². The maximum atomic E-state index is 13.8. The maximum Gasteiger partial charge on any atom is 0.312 e. The molecule has 1 aromatic heterocycles. The Morgan fingerprint density at radius 2 is 2.00 bits per heavy atom. The fourth-order valence-corrected chi connectivity index (χ4v) is 3.22. The first-order chi connectivity index (χ1) is 16.3. The largest absolute Gasteiger partial charge is 0.490 e. The highest BCUT2D eigenvalue weighted by atomic mass is 19.1. The van der Waals surface area contributed by atoms with Gasteiger partial charge in [-0.05, 0) is 50.6 Å². The molecule has 11 heteroatoms. The number of halogens is 1. The van der Waals surface area contributed by atoms with Gasteiger partial charge in [0.05, 0.1) is 17.7 Å². The van der Waals surface area contributed by atoms with E-state index >= 15 is 0 Å². The summed E-state index contributed by atoms with van der Waals surface area (Å²) in [6.07, 6.45) is 1.42. The van der Waals surface area contributed by atoms with Gasteiger partial charge < -0.3 is 9.47 Å². The van der Waals surface area contributed by atoms with Gasteiger partial charge in [-0.2, -0.15) is 10.2 Å². The minimum atomic E-state index is -0.524. The molecule has 3 aromatic rings. The number of ether oxygens (including phenoxy) is 2. The Balaban J connectivity index is 1.63. The van der Waals surface area contributed by atoms with Crippen LogP contribution in [0.5, 0.6) is 11.5 Å². The second-order valence-corrected chi connectivity index (χ2v) is 7.25. The Morgan fingerprint density at radius 3 is 2.68 bits per heavy atom. The van der Waals surface area contributed by atoms with Gasteiger partial charge in [-0.1, -0.05) is 18.2 Å². The molecular formula is C23H24FN5O5. The van der Waals surface area contributed by atoms with Crippen molar-refractivity contribution >= 4 is 17.8 Å². The van der Waals surface area contributed by atoms with E-state index in [0.717, 1.165) is 0 Å². The number of rotatable bonds is 10. The van der Waals surface area contributed by atoms with Crippen molar-refractivity contribution in [2.24, 2.45) is 5.10 Å². The number of hydrogen-bond donors (Lipinski definition) is 1. The van der Waals surface area contributed by atoms with Crippen molar-refractivity contribution < 1.29 is 23.6 Å². The number of aryl methyl sites for hydroxylation is 1. The zero-order valence-corrected chi connectivity index (χ0v) is 18.9. The summed E-state index contributed by atoms with van der Waals surface area (Å²) in [5.41, 5.74) is 3.83. The van der Waals surface area contributed by atoms with Crippen LogP contribution < -0.4 is 14.9 Å². The molecule has 0 fully saturated rings. The number of carbonyl (C=O) groups excluding carboxylic acids is 1. The van der Waals surface area contributed by atoms with Gasteiger partial charge in [-0.25, -0.2) is 9.82 Å². The Bertz CT molecular complexity index is 1220. The summed E-state index contributed by atoms with van der Waals surface area (Å²) in [5, 5.41) is 19.0. The summed E-state index contributed by atoms with van der Waals surface area (Å²) >= 11 is 0. The van der Waals surface area contributed by atoms with Crippen LogP contribution in [0.1, 0.15) is 29.4 Å². The van der Waals surface area contributed by atoms with Gasteiger partial charge in [0.1, 0.15) is 30.4 Å². The number of nitro groups is 1. The smallest absolute Gasteiger partial charge is 0.312 e. The van der Waals surface area contributed by atoms with E-state index in [1.54, 1.807) is 36.4 Å². The van der Waals surface area contributed by atoms with E-state index < -0.39 is 10.8 Å². The van der Waals surface area contributed by atoms with Crippen molar-refractivity contribution in [2.75, 3.05) is 6.61 Å². The molecule has 34 heavy (non-hydrogen) atoms. The maximum absolute atomic E-state index is 13.8. The molecule has 0 aliphatic carbocycles. The van der Waals surface area contributed by atoms with Crippen LogP contribution in [-0.2, 0) is 17.9 Å². The van der Waals surface area contributed by atoms with E-state index in [2.05, 4.69) is 15.6 Å². The normalized spacial score (nSPS) is 10.9. The van der Waals surface area contributed by atoms with Crippen molar-refractivity contribution in [3.05, 3.63) is 80.9 Å². The molecule has 0 atom stereocenters. The lowest BCUT2D eigenvalue weighted by molar-refractivity contribution is -0.386. The molecule has 1 amide bonds. The molecule has 0 saturated carbocycles. The zero-order valence-electron chi connectivity index (χ0n) is 18.9. The molecule has 0 saturated heterocycles. The van der Waals surface area contributed by atoms with Crippen molar-refractivity contribution in [3.8, 4) is 11.5 Å². The molecule has 178 valence electrons. The van der Waals surface area contributed by atoms with Gasteiger partial charge >= 0.3 is 5.69 Å². The standard InChI is InChI=1S/C23H24FN5O5/c1-4-33-21-11-17(9-10-20(21)34-14-18-7-5-6-8-19(18)24)12-25-26-22(30)13-28-16(3)23(29(31)32)15(2)27-28/h5-12H,4,13-14H2,1-3H3,(H,26,30)/b25-12+. The third-order valence-electron chi connectivity index (χ3n) is 4.83. The first kappa shape index (κ1) is 24.4. The predicted octanol–water partition coefficient (Wildman–Crippen LogP) is 3.68. The first-order valence-electron chi connectivity index (χ1n) is 10.4. The number of amides is 1. The second kappa shape index (κ2) is 11.0. The van der Waals surface area contributed by atoms with Gasteiger partial charge in [-0.15, -0.1) is 0 Å². The average Bonchev–Trinajstić information content (AvgIpc) is 3.07. The highest BCUT2D eigenvalue weighted by Crippen LogP contribution is 2.29. The summed E-state index contributed by atoms with van der Waals surface area (Å²) in [5.74, 6) is 0.0446. The summed E-state index contributed by atoms with van der Waals surface area (Å²) in [4.78, 5) is 22.8. The highest BCUT2D eigenvalue weighted by Gasteiger charge is 2.22. The molecule has 3 rings (SSSR count). The van der Waals surface area contributed by atoms with Crippen LogP contribution in [0.2, 0.25) is 0 Å². The molecule has 0 aliphatic rings. The lowest BCUT2D eigenvalue weighted by atomic mass is 10.2. The van der Waals surface area contributed by atoms with E-state index in [9.17, 15) is 19.3 Å². The minimum Gasteiger partial charge on any atom is -0.490 e. The summed E-state index contributed by atoms with van der Waals surface area (Å²) in [6, 6.07) is 11.4. The molecule has 10 nitrogen and oxygen atoms in total. The molecule has 1 heterocycles. The molecule has 0 aliphatic heterocycles. The number of hydrogen-bond acceptors (Lipinski definition) is 7. The quantitative estimate of drug-likeness (QED) is 0.275.